The average Bonchev–Trinajstić information content (AvgIpc) is 3.04. The summed E-state index contributed by atoms with van der Waals surface area (Å²) in [6, 6.07) is -0.165. The van der Waals surface area contributed by atoms with Crippen molar-refractivity contribution in [1.82, 2.24) is 24.5 Å². The smallest absolute Gasteiger partial charge is 0.354 e. The summed E-state index contributed by atoms with van der Waals surface area (Å²) in [5, 5.41) is 6.28. The Bertz CT molecular complexity index is 768. The SMILES string of the molecule is CN=C(NCc1nccn1CC(C)C)NC1CCN(S(=O)(=O)C(F)(F)F)CC1. The van der Waals surface area contributed by atoms with Gasteiger partial charge < -0.3 is 15.2 Å². The van der Waals surface area contributed by atoms with Gasteiger partial charge in [-0.1, -0.05) is 13.8 Å². The number of nitrogens with one attached hydrogen (secondary N) is 2. The van der Waals surface area contributed by atoms with Crippen molar-refractivity contribution in [3.8, 4) is 0 Å². The first-order chi connectivity index (χ1) is 13.0. The molecule has 1 fully saturated rings. The number of alkyl halides is 3. The Morgan fingerprint density at radius 2 is 2.00 bits per heavy atom. The fourth-order valence-electron chi connectivity index (χ4n) is 3.00. The molecule has 12 heteroatoms. The van der Waals surface area contributed by atoms with Crippen LogP contribution in [-0.4, -0.2) is 59.9 Å². The summed E-state index contributed by atoms with van der Waals surface area (Å²) in [5.74, 6) is 1.82. The summed E-state index contributed by atoms with van der Waals surface area (Å²) in [6.45, 7) is 5.15. The minimum Gasteiger partial charge on any atom is -0.354 e. The molecule has 0 spiro atoms. The van der Waals surface area contributed by atoms with Crippen LogP contribution >= 0.6 is 0 Å². The molecule has 0 radical (unpaired) electrons. The molecule has 1 aromatic rings. The van der Waals surface area contributed by atoms with Gasteiger partial charge in [0.25, 0.3) is 0 Å². The fraction of sp³-hybridized carbons (Fsp3) is 0.750. The van der Waals surface area contributed by atoms with Gasteiger partial charge in [0, 0.05) is 45.1 Å². The van der Waals surface area contributed by atoms with E-state index < -0.39 is 15.5 Å². The van der Waals surface area contributed by atoms with Crippen molar-refractivity contribution >= 4 is 16.0 Å². The second-order valence-electron chi connectivity index (χ2n) is 7.08. The summed E-state index contributed by atoms with van der Waals surface area (Å²) in [5.41, 5.74) is -5.26. The maximum Gasteiger partial charge on any atom is 0.511 e. The van der Waals surface area contributed by atoms with Crippen molar-refractivity contribution in [2.75, 3.05) is 20.1 Å². The quantitative estimate of drug-likeness (QED) is 0.534. The van der Waals surface area contributed by atoms with Gasteiger partial charge in [0.15, 0.2) is 5.96 Å². The average molecular weight is 424 g/mol. The van der Waals surface area contributed by atoms with Gasteiger partial charge in [0.05, 0.1) is 6.54 Å². The number of aliphatic imine (C=N–C) groups is 1. The molecule has 28 heavy (non-hydrogen) atoms. The Morgan fingerprint density at radius 1 is 1.36 bits per heavy atom. The van der Waals surface area contributed by atoms with Gasteiger partial charge in [0.2, 0.25) is 0 Å². The lowest BCUT2D eigenvalue weighted by atomic mass is 10.1. The van der Waals surface area contributed by atoms with Crippen molar-refractivity contribution in [2.45, 2.75) is 51.3 Å². The molecular formula is C16H27F3N6O2S. The van der Waals surface area contributed by atoms with Crippen LogP contribution < -0.4 is 10.6 Å². The van der Waals surface area contributed by atoms with Crippen molar-refractivity contribution < 1.29 is 21.6 Å². The second-order valence-corrected chi connectivity index (χ2v) is 9.01. The standard InChI is InChI=1S/C16H27F3N6O2S/c1-12(2)11-24-9-6-21-14(24)10-22-15(20-3)23-13-4-7-25(8-5-13)28(26,27)16(17,18)19/h6,9,12-13H,4-5,7-8,10-11H2,1-3H3,(H2,20,22,23). The van der Waals surface area contributed by atoms with Crippen LogP contribution in [0.5, 0.6) is 0 Å². The zero-order valence-electron chi connectivity index (χ0n) is 16.2. The molecule has 0 atom stereocenters. The van der Waals surface area contributed by atoms with Crippen molar-refractivity contribution in [1.29, 1.82) is 0 Å². The number of hydrogen-bond acceptors (Lipinski definition) is 4. The molecule has 160 valence electrons. The number of guanidine groups is 1. The number of imidazole rings is 1. The minimum atomic E-state index is -5.26. The van der Waals surface area contributed by atoms with E-state index in [2.05, 4.69) is 34.5 Å². The van der Waals surface area contributed by atoms with Crippen LogP contribution in [0.4, 0.5) is 13.2 Å². The Morgan fingerprint density at radius 3 is 2.54 bits per heavy atom. The second kappa shape index (κ2) is 9.12. The molecule has 2 N–H and O–H groups in total. The highest BCUT2D eigenvalue weighted by Crippen LogP contribution is 2.28. The lowest BCUT2D eigenvalue weighted by molar-refractivity contribution is -0.0494. The highest BCUT2D eigenvalue weighted by Gasteiger charge is 2.50. The topological polar surface area (TPSA) is 91.6 Å². The van der Waals surface area contributed by atoms with Gasteiger partial charge in [-0.3, -0.25) is 4.99 Å². The van der Waals surface area contributed by atoms with Gasteiger partial charge in [-0.05, 0) is 18.8 Å². The van der Waals surface area contributed by atoms with Crippen LogP contribution in [0.15, 0.2) is 17.4 Å². The van der Waals surface area contributed by atoms with Crippen LogP contribution in [-0.2, 0) is 23.1 Å². The van der Waals surface area contributed by atoms with Crippen LogP contribution in [0.2, 0.25) is 0 Å². The third-order valence-electron chi connectivity index (χ3n) is 4.43. The first kappa shape index (κ1) is 22.5. The molecule has 1 saturated heterocycles. The highest BCUT2D eigenvalue weighted by molar-refractivity contribution is 7.90. The summed E-state index contributed by atoms with van der Waals surface area (Å²) in [6.07, 6.45) is 4.16. The molecule has 0 saturated carbocycles. The zero-order chi connectivity index (χ0) is 20.9. The van der Waals surface area contributed by atoms with Crippen LogP contribution in [0.1, 0.15) is 32.5 Å². The molecule has 8 nitrogen and oxygen atoms in total. The number of rotatable bonds is 6. The molecule has 1 aliphatic heterocycles. The summed E-state index contributed by atoms with van der Waals surface area (Å²) < 4.78 is 63.4. The van der Waals surface area contributed by atoms with Crippen LogP contribution in [0, 0.1) is 5.92 Å². The van der Waals surface area contributed by atoms with E-state index >= 15 is 0 Å². The van der Waals surface area contributed by atoms with E-state index in [0.717, 1.165) is 12.4 Å². The first-order valence-corrected chi connectivity index (χ1v) is 10.5. The van der Waals surface area contributed by atoms with E-state index in [1.807, 2.05) is 10.8 Å². The fourth-order valence-corrected chi connectivity index (χ4v) is 3.99. The van der Waals surface area contributed by atoms with Crippen LogP contribution in [0.3, 0.4) is 0 Å². The Balaban J connectivity index is 1.86. The number of sulfonamides is 1. The Kier molecular flexibility index (Phi) is 7.32. The zero-order valence-corrected chi connectivity index (χ0v) is 17.0. The Labute approximate surface area is 163 Å². The van der Waals surface area contributed by atoms with Crippen molar-refractivity contribution in [3.05, 3.63) is 18.2 Å². The lowest BCUT2D eigenvalue weighted by Crippen LogP contribution is -2.51. The molecule has 2 heterocycles. The van der Waals surface area contributed by atoms with Crippen molar-refractivity contribution in [2.24, 2.45) is 10.9 Å². The molecule has 0 aliphatic carbocycles. The predicted octanol–water partition coefficient (Wildman–Crippen LogP) is 1.52. The number of hydrogen-bond donors (Lipinski definition) is 2. The summed E-state index contributed by atoms with van der Waals surface area (Å²) in [7, 11) is -3.67. The maximum atomic E-state index is 12.6. The van der Waals surface area contributed by atoms with Gasteiger partial charge in [-0.25, -0.2) is 13.4 Å². The van der Waals surface area contributed by atoms with Gasteiger partial charge in [-0.2, -0.15) is 17.5 Å². The molecule has 1 aromatic heterocycles. The molecule has 2 rings (SSSR count). The normalized spacial score (nSPS) is 17.9. The van der Waals surface area contributed by atoms with E-state index in [9.17, 15) is 21.6 Å². The molecule has 0 amide bonds. The lowest BCUT2D eigenvalue weighted by Gasteiger charge is -2.32. The minimum absolute atomic E-state index is 0.165. The molecular weight excluding hydrogens is 397 g/mol. The number of aromatic nitrogens is 2. The third kappa shape index (κ3) is 5.60. The predicted molar refractivity (Wildman–Crippen MR) is 100.0 cm³/mol. The molecule has 1 aliphatic rings. The van der Waals surface area contributed by atoms with E-state index in [0.29, 0.717) is 22.7 Å². The van der Waals surface area contributed by atoms with Gasteiger partial charge >= 0.3 is 15.5 Å². The summed E-state index contributed by atoms with van der Waals surface area (Å²) >= 11 is 0. The maximum absolute atomic E-state index is 12.6. The number of piperidine rings is 1. The monoisotopic (exact) mass is 424 g/mol. The largest absolute Gasteiger partial charge is 0.511 e. The molecule has 0 bridgehead atoms. The molecule has 0 unspecified atom stereocenters. The molecule has 0 aromatic carbocycles. The Hall–Kier alpha value is -1.82. The van der Waals surface area contributed by atoms with E-state index in [1.165, 1.54) is 0 Å². The van der Waals surface area contributed by atoms with Gasteiger partial charge in [-0.15, -0.1) is 0 Å². The number of halogens is 3. The third-order valence-corrected chi connectivity index (χ3v) is 6.06. The summed E-state index contributed by atoms with van der Waals surface area (Å²) in [4.78, 5) is 8.44. The highest BCUT2D eigenvalue weighted by atomic mass is 32.2. The van der Waals surface area contributed by atoms with Crippen molar-refractivity contribution in [3.63, 3.8) is 0 Å². The first-order valence-electron chi connectivity index (χ1n) is 9.08. The van der Waals surface area contributed by atoms with Gasteiger partial charge in [0.1, 0.15) is 5.82 Å². The number of nitrogens with zero attached hydrogens (tertiary/aromatic N) is 4. The van der Waals surface area contributed by atoms with E-state index in [1.54, 1.807) is 13.2 Å². The van der Waals surface area contributed by atoms with E-state index in [4.69, 9.17) is 0 Å². The van der Waals surface area contributed by atoms with E-state index in [-0.39, 0.29) is 32.0 Å². The van der Waals surface area contributed by atoms with Crippen LogP contribution in [0.25, 0.3) is 0 Å².